The Morgan fingerprint density at radius 2 is 1.55 bits per heavy atom. The Morgan fingerprint density at radius 3 is 1.55 bits per heavy atom. The van der Waals surface area contributed by atoms with E-state index in [1.807, 2.05) is 0 Å². The summed E-state index contributed by atoms with van der Waals surface area (Å²) in [5.41, 5.74) is 0. The van der Waals surface area contributed by atoms with Gasteiger partial charge in [0.05, 0.1) is 0 Å². The molecule has 11 heavy (non-hydrogen) atoms. The van der Waals surface area contributed by atoms with Crippen LogP contribution in [0.4, 0.5) is 0 Å². The van der Waals surface area contributed by atoms with Gasteiger partial charge in [0.25, 0.3) is 0 Å². The predicted molar refractivity (Wildman–Crippen MR) is 30.6 cm³/mol. The number of rotatable bonds is 2. The van der Waals surface area contributed by atoms with Crippen molar-refractivity contribution in [3.05, 3.63) is 0 Å². The minimum atomic E-state index is -1.08. The third kappa shape index (κ3) is 79.5. The van der Waals surface area contributed by atoms with Gasteiger partial charge in [0.15, 0.2) is 0 Å². The molecule has 0 aromatic heterocycles. The second kappa shape index (κ2) is 12.4. The molecule has 0 saturated carbocycles. The number of carbonyl (C=O) groups is 2. The molecule has 0 saturated heterocycles. The van der Waals surface area contributed by atoms with Crippen LogP contribution in [-0.2, 0) is 32.0 Å². The normalized spacial score (nSPS) is 6.73. The number of hydrogen-bond acceptors (Lipinski definition) is 4. The second-order valence-corrected chi connectivity index (χ2v) is 1.61. The summed E-state index contributed by atoms with van der Waals surface area (Å²) in [6.07, 6.45) is 0.850. The van der Waals surface area contributed by atoms with Crippen molar-refractivity contribution < 1.29 is 42.2 Å². The standard InChI is InChI=1S/C4H8O2.C2H4O2.Ag/c1-2-3-4(5)6;1-2(3)4;/h2-3H2,1H3,(H,5,6);1H3,(H,3,4);/p-2. The van der Waals surface area contributed by atoms with Crippen molar-refractivity contribution >= 4 is 11.9 Å². The van der Waals surface area contributed by atoms with Crippen LogP contribution < -0.4 is 10.2 Å². The number of aliphatic carboxylic acids is 2. The van der Waals surface area contributed by atoms with Gasteiger partial charge in [-0.25, -0.2) is 0 Å². The summed E-state index contributed by atoms with van der Waals surface area (Å²) in [6, 6.07) is 0. The minimum Gasteiger partial charge on any atom is -0.550 e. The molecule has 71 valence electrons. The Balaban J connectivity index is -0.000000114. The molecule has 0 unspecified atom stereocenters. The van der Waals surface area contributed by atoms with E-state index in [0.717, 1.165) is 6.92 Å². The monoisotopic (exact) mass is 253 g/mol. The zero-order valence-electron chi connectivity index (χ0n) is 6.35. The van der Waals surface area contributed by atoms with E-state index in [1.54, 1.807) is 6.92 Å². The topological polar surface area (TPSA) is 80.3 Å². The summed E-state index contributed by atoms with van der Waals surface area (Å²) in [4.78, 5) is 18.4. The van der Waals surface area contributed by atoms with E-state index in [2.05, 4.69) is 0 Å². The number of hydrogen-bond donors (Lipinski definition) is 0. The average molecular weight is 254 g/mol. The quantitative estimate of drug-likeness (QED) is 0.549. The smallest absolute Gasteiger partial charge is 0.0414 e. The van der Waals surface area contributed by atoms with Crippen LogP contribution in [0, 0.1) is 0 Å². The van der Waals surface area contributed by atoms with Crippen LogP contribution in [-0.4, -0.2) is 11.9 Å². The van der Waals surface area contributed by atoms with Crippen molar-refractivity contribution in [2.45, 2.75) is 26.7 Å². The maximum atomic E-state index is 9.49. The maximum Gasteiger partial charge on any atom is 0.0414 e. The Hall–Kier alpha value is -0.320. The molecule has 4 nitrogen and oxygen atoms in total. The van der Waals surface area contributed by atoms with Crippen LogP contribution in [0.5, 0.6) is 0 Å². The van der Waals surface area contributed by atoms with E-state index in [0.29, 0.717) is 6.42 Å². The van der Waals surface area contributed by atoms with Crippen molar-refractivity contribution in [1.82, 2.24) is 0 Å². The fraction of sp³-hybridized carbons (Fsp3) is 0.667. The first kappa shape index (κ1) is 17.0. The first-order chi connectivity index (χ1) is 4.50. The van der Waals surface area contributed by atoms with Gasteiger partial charge in [0.1, 0.15) is 0 Å². The molecule has 0 aliphatic heterocycles. The Bertz CT molecular complexity index is 109. The molecule has 0 aromatic rings. The number of carbonyl (C=O) groups excluding carboxylic acids is 2. The van der Waals surface area contributed by atoms with Crippen LogP contribution in [0.1, 0.15) is 26.7 Å². The van der Waals surface area contributed by atoms with E-state index in [9.17, 15) is 9.90 Å². The fourth-order valence-corrected chi connectivity index (χ4v) is 0.204. The SMILES string of the molecule is CC(=O)[O-].CCCC(=O)[O-].[Ag]. The van der Waals surface area contributed by atoms with Crippen LogP contribution in [0.3, 0.4) is 0 Å². The third-order valence-corrected chi connectivity index (χ3v) is 0.454. The molecule has 0 fully saturated rings. The van der Waals surface area contributed by atoms with E-state index >= 15 is 0 Å². The molecule has 0 spiro atoms. The fourth-order valence-electron chi connectivity index (χ4n) is 0.204. The van der Waals surface area contributed by atoms with Gasteiger partial charge in [-0.1, -0.05) is 13.3 Å². The Kier molecular flexibility index (Phi) is 19.1. The van der Waals surface area contributed by atoms with Gasteiger partial charge < -0.3 is 19.8 Å². The van der Waals surface area contributed by atoms with E-state index in [-0.39, 0.29) is 28.8 Å². The summed E-state index contributed by atoms with van der Waals surface area (Å²) in [6.45, 7) is 2.77. The summed E-state index contributed by atoms with van der Waals surface area (Å²) in [5.74, 6) is -2.04. The zero-order chi connectivity index (χ0) is 8.57. The molecule has 0 rings (SSSR count). The Morgan fingerprint density at radius 1 is 1.27 bits per heavy atom. The van der Waals surface area contributed by atoms with E-state index in [4.69, 9.17) is 9.90 Å². The molecule has 0 aliphatic rings. The maximum absolute atomic E-state index is 9.49. The molecule has 5 heteroatoms. The van der Waals surface area contributed by atoms with Crippen molar-refractivity contribution in [2.75, 3.05) is 0 Å². The van der Waals surface area contributed by atoms with Crippen LogP contribution in [0.15, 0.2) is 0 Å². The minimum absolute atomic E-state index is 0. The molecule has 0 N–H and O–H groups in total. The summed E-state index contributed by atoms with van der Waals surface area (Å²) in [7, 11) is 0. The van der Waals surface area contributed by atoms with E-state index in [1.165, 1.54) is 0 Å². The van der Waals surface area contributed by atoms with Crippen molar-refractivity contribution in [2.24, 2.45) is 0 Å². The molecule has 0 amide bonds. The molecule has 0 bridgehead atoms. The van der Waals surface area contributed by atoms with E-state index < -0.39 is 11.9 Å². The van der Waals surface area contributed by atoms with Crippen LogP contribution in [0.25, 0.3) is 0 Å². The predicted octanol–water partition coefficient (Wildman–Crippen LogP) is -1.71. The van der Waals surface area contributed by atoms with Gasteiger partial charge in [0, 0.05) is 34.3 Å². The van der Waals surface area contributed by atoms with Gasteiger partial charge >= 0.3 is 0 Å². The third-order valence-electron chi connectivity index (χ3n) is 0.454. The van der Waals surface area contributed by atoms with Crippen molar-refractivity contribution in [3.8, 4) is 0 Å². The molecule has 0 heterocycles. The van der Waals surface area contributed by atoms with Gasteiger partial charge in [-0.05, 0) is 13.3 Å². The second-order valence-electron chi connectivity index (χ2n) is 1.61. The average Bonchev–Trinajstić information content (AvgIpc) is 1.62. The Labute approximate surface area is 81.1 Å². The summed E-state index contributed by atoms with van der Waals surface area (Å²) in [5, 5.41) is 18.4. The molecule has 0 atom stereocenters. The first-order valence-corrected chi connectivity index (χ1v) is 2.88. The zero-order valence-corrected chi connectivity index (χ0v) is 7.83. The first-order valence-electron chi connectivity index (χ1n) is 2.88. The van der Waals surface area contributed by atoms with Gasteiger partial charge in [-0.3, -0.25) is 0 Å². The van der Waals surface area contributed by atoms with Gasteiger partial charge in [0.2, 0.25) is 0 Å². The summed E-state index contributed by atoms with van der Waals surface area (Å²) < 4.78 is 0. The molecule has 0 aromatic carbocycles. The molecule has 1 radical (unpaired) electrons. The summed E-state index contributed by atoms with van der Waals surface area (Å²) >= 11 is 0. The van der Waals surface area contributed by atoms with Gasteiger partial charge in [-0.2, -0.15) is 0 Å². The van der Waals surface area contributed by atoms with Crippen LogP contribution in [0.2, 0.25) is 0 Å². The largest absolute Gasteiger partial charge is 0.550 e. The molecular weight excluding hydrogens is 244 g/mol. The van der Waals surface area contributed by atoms with Crippen LogP contribution >= 0.6 is 0 Å². The number of carboxylic acid groups (broad SMARTS) is 2. The molecular formula is C6H10AgO4-2. The van der Waals surface area contributed by atoms with Crippen molar-refractivity contribution in [1.29, 1.82) is 0 Å². The molecule has 0 aliphatic carbocycles. The van der Waals surface area contributed by atoms with Gasteiger partial charge in [-0.15, -0.1) is 0 Å². The van der Waals surface area contributed by atoms with Crippen molar-refractivity contribution in [3.63, 3.8) is 0 Å². The number of carboxylic acids is 2.